The quantitative estimate of drug-likeness (QED) is 0.841. The molecule has 0 aliphatic carbocycles. The van der Waals surface area contributed by atoms with Gasteiger partial charge in [0.15, 0.2) is 11.5 Å². The average Bonchev–Trinajstić information content (AvgIpc) is 2.60. The van der Waals surface area contributed by atoms with Crippen LogP contribution in [0.3, 0.4) is 0 Å². The zero-order valence-electron chi connectivity index (χ0n) is 13.4. The number of ether oxygens (including phenoxy) is 1. The molecule has 1 aromatic carbocycles. The van der Waals surface area contributed by atoms with E-state index in [9.17, 15) is 5.11 Å². The Bertz CT molecular complexity index is 628. The van der Waals surface area contributed by atoms with Crippen molar-refractivity contribution in [2.75, 3.05) is 37.7 Å². The van der Waals surface area contributed by atoms with Crippen LogP contribution in [-0.2, 0) is 6.54 Å². The van der Waals surface area contributed by atoms with Crippen molar-refractivity contribution in [3.63, 3.8) is 0 Å². The molecule has 0 saturated carbocycles. The molecular weight excluding hydrogens is 292 g/mol. The molecule has 2 heterocycles. The normalized spacial score (nSPS) is 15.6. The minimum Gasteiger partial charge on any atom is -0.504 e. The molecule has 0 unspecified atom stereocenters. The molecule has 0 atom stereocenters. The predicted molar refractivity (Wildman–Crippen MR) is 87.9 cm³/mol. The number of hydrogen-bond donors (Lipinski definition) is 2. The zero-order chi connectivity index (χ0) is 16.1. The maximum Gasteiger partial charge on any atom is 0.225 e. The van der Waals surface area contributed by atoms with Crippen molar-refractivity contribution in [2.24, 2.45) is 0 Å². The van der Waals surface area contributed by atoms with E-state index in [1.807, 2.05) is 25.1 Å². The van der Waals surface area contributed by atoms with Crippen LogP contribution in [0.1, 0.15) is 12.5 Å². The summed E-state index contributed by atoms with van der Waals surface area (Å²) in [5.74, 6) is 1.59. The van der Waals surface area contributed by atoms with E-state index in [1.165, 1.54) is 10.5 Å². The lowest BCUT2D eigenvalue weighted by Crippen LogP contribution is -3.13. The van der Waals surface area contributed by atoms with Gasteiger partial charge in [0.25, 0.3) is 0 Å². The van der Waals surface area contributed by atoms with E-state index in [0.717, 1.165) is 38.7 Å². The Labute approximate surface area is 136 Å². The first kappa shape index (κ1) is 15.6. The van der Waals surface area contributed by atoms with E-state index in [2.05, 4.69) is 14.9 Å². The van der Waals surface area contributed by atoms with Crippen molar-refractivity contribution >= 4 is 5.95 Å². The van der Waals surface area contributed by atoms with E-state index in [4.69, 9.17) is 4.74 Å². The Hall–Kier alpha value is -2.34. The van der Waals surface area contributed by atoms with Crippen molar-refractivity contribution in [2.45, 2.75) is 13.5 Å². The second-order valence-electron chi connectivity index (χ2n) is 5.70. The second-order valence-corrected chi connectivity index (χ2v) is 5.70. The van der Waals surface area contributed by atoms with Crippen LogP contribution < -0.4 is 14.5 Å². The van der Waals surface area contributed by atoms with E-state index in [1.54, 1.807) is 18.5 Å². The first-order valence-corrected chi connectivity index (χ1v) is 8.06. The highest BCUT2D eigenvalue weighted by Crippen LogP contribution is 2.26. The van der Waals surface area contributed by atoms with Gasteiger partial charge in [-0.25, -0.2) is 9.97 Å². The van der Waals surface area contributed by atoms with Crippen LogP contribution in [0.2, 0.25) is 0 Å². The van der Waals surface area contributed by atoms with Gasteiger partial charge >= 0.3 is 0 Å². The molecule has 2 aromatic rings. The number of phenols is 1. The first-order chi connectivity index (χ1) is 11.3. The van der Waals surface area contributed by atoms with Gasteiger partial charge in [-0.1, -0.05) is 0 Å². The van der Waals surface area contributed by atoms with Gasteiger partial charge in [0.05, 0.1) is 32.8 Å². The molecule has 1 fully saturated rings. The fourth-order valence-corrected chi connectivity index (χ4v) is 2.88. The summed E-state index contributed by atoms with van der Waals surface area (Å²) in [6.07, 6.45) is 3.57. The van der Waals surface area contributed by atoms with E-state index in [0.29, 0.717) is 12.4 Å². The lowest BCUT2D eigenvalue weighted by atomic mass is 10.1. The zero-order valence-corrected chi connectivity index (χ0v) is 13.4. The van der Waals surface area contributed by atoms with Crippen molar-refractivity contribution in [1.82, 2.24) is 9.97 Å². The largest absolute Gasteiger partial charge is 0.504 e. The Morgan fingerprint density at radius 1 is 1.22 bits per heavy atom. The number of anilines is 1. The second kappa shape index (κ2) is 7.28. The van der Waals surface area contributed by atoms with E-state index in [-0.39, 0.29) is 5.75 Å². The number of piperazine rings is 1. The summed E-state index contributed by atoms with van der Waals surface area (Å²) in [4.78, 5) is 12.4. The fourth-order valence-electron chi connectivity index (χ4n) is 2.88. The highest BCUT2D eigenvalue weighted by atomic mass is 16.5. The molecule has 0 bridgehead atoms. The molecule has 1 aliphatic heterocycles. The van der Waals surface area contributed by atoms with Crippen LogP contribution in [0.5, 0.6) is 11.5 Å². The molecule has 6 nitrogen and oxygen atoms in total. The lowest BCUT2D eigenvalue weighted by molar-refractivity contribution is -0.914. The van der Waals surface area contributed by atoms with Gasteiger partial charge in [-0.3, -0.25) is 0 Å². The monoisotopic (exact) mass is 315 g/mol. The average molecular weight is 315 g/mol. The Balaban J connectivity index is 1.57. The Kier molecular flexibility index (Phi) is 4.92. The fraction of sp³-hybridized carbons (Fsp3) is 0.412. The number of quaternary nitrogens is 1. The third-order valence-electron chi connectivity index (χ3n) is 4.08. The lowest BCUT2D eigenvalue weighted by Gasteiger charge is -2.32. The smallest absolute Gasteiger partial charge is 0.225 e. The van der Waals surface area contributed by atoms with Crippen LogP contribution in [0.25, 0.3) is 0 Å². The Morgan fingerprint density at radius 3 is 2.65 bits per heavy atom. The van der Waals surface area contributed by atoms with Crippen LogP contribution in [-0.4, -0.2) is 47.9 Å². The summed E-state index contributed by atoms with van der Waals surface area (Å²) >= 11 is 0. The summed E-state index contributed by atoms with van der Waals surface area (Å²) in [6.45, 7) is 7.41. The number of phenolic OH excluding ortho intramolecular Hbond substituents is 1. The maximum absolute atomic E-state index is 9.78. The van der Waals surface area contributed by atoms with Gasteiger partial charge in [0.1, 0.15) is 6.54 Å². The summed E-state index contributed by atoms with van der Waals surface area (Å²) < 4.78 is 5.46. The molecule has 6 heteroatoms. The van der Waals surface area contributed by atoms with Crippen molar-refractivity contribution < 1.29 is 14.7 Å². The molecule has 1 aromatic heterocycles. The van der Waals surface area contributed by atoms with Crippen molar-refractivity contribution in [3.8, 4) is 11.5 Å². The third kappa shape index (κ3) is 3.90. The summed E-state index contributed by atoms with van der Waals surface area (Å²) in [5, 5.41) is 9.78. The van der Waals surface area contributed by atoms with Gasteiger partial charge in [-0.05, 0) is 31.2 Å². The molecule has 1 saturated heterocycles. The third-order valence-corrected chi connectivity index (χ3v) is 4.08. The van der Waals surface area contributed by atoms with Gasteiger partial charge in [-0.15, -0.1) is 0 Å². The van der Waals surface area contributed by atoms with Crippen LogP contribution >= 0.6 is 0 Å². The molecule has 3 rings (SSSR count). The number of nitrogens with zero attached hydrogens (tertiary/aromatic N) is 3. The number of benzene rings is 1. The van der Waals surface area contributed by atoms with Gasteiger partial charge in [0.2, 0.25) is 5.95 Å². The van der Waals surface area contributed by atoms with Crippen LogP contribution in [0, 0.1) is 0 Å². The molecule has 0 spiro atoms. The standard InChI is InChI=1S/C17H22N4O2/c1-2-23-16-12-14(4-5-15(16)22)13-20-8-10-21(11-9-20)17-18-6-3-7-19-17/h3-7,12,22H,2,8-11,13H2,1H3/p+1. The molecule has 23 heavy (non-hydrogen) atoms. The Morgan fingerprint density at radius 2 is 1.96 bits per heavy atom. The number of aromatic nitrogens is 2. The topological polar surface area (TPSA) is 62.9 Å². The van der Waals surface area contributed by atoms with Gasteiger partial charge in [-0.2, -0.15) is 0 Å². The molecule has 0 amide bonds. The summed E-state index contributed by atoms with van der Waals surface area (Å²) in [7, 11) is 0. The molecule has 2 N–H and O–H groups in total. The highest BCUT2D eigenvalue weighted by Gasteiger charge is 2.22. The molecular formula is C17H23N4O2+. The summed E-state index contributed by atoms with van der Waals surface area (Å²) in [6, 6.07) is 7.47. The SMILES string of the molecule is CCOc1cc(C[NH+]2CCN(c3ncccn3)CC2)ccc1O. The van der Waals surface area contributed by atoms with Crippen molar-refractivity contribution in [1.29, 1.82) is 0 Å². The first-order valence-electron chi connectivity index (χ1n) is 8.06. The maximum atomic E-state index is 9.78. The predicted octanol–water partition coefficient (Wildman–Crippen LogP) is 0.486. The minimum absolute atomic E-state index is 0.205. The van der Waals surface area contributed by atoms with Crippen LogP contribution in [0.4, 0.5) is 5.95 Å². The molecule has 0 radical (unpaired) electrons. The van der Waals surface area contributed by atoms with Crippen LogP contribution in [0.15, 0.2) is 36.7 Å². The number of aromatic hydroxyl groups is 1. The number of hydrogen-bond acceptors (Lipinski definition) is 5. The molecule has 122 valence electrons. The van der Waals surface area contributed by atoms with E-state index < -0.39 is 0 Å². The van der Waals surface area contributed by atoms with Gasteiger partial charge in [0, 0.05) is 18.0 Å². The number of nitrogens with one attached hydrogen (secondary N) is 1. The highest BCUT2D eigenvalue weighted by molar-refractivity contribution is 5.41. The van der Waals surface area contributed by atoms with E-state index >= 15 is 0 Å². The number of rotatable bonds is 5. The summed E-state index contributed by atoms with van der Waals surface area (Å²) in [5.41, 5.74) is 1.19. The van der Waals surface area contributed by atoms with Crippen molar-refractivity contribution in [3.05, 3.63) is 42.2 Å². The minimum atomic E-state index is 0.205. The molecule has 1 aliphatic rings. The van der Waals surface area contributed by atoms with Gasteiger partial charge < -0.3 is 19.6 Å².